The van der Waals surface area contributed by atoms with Crippen molar-refractivity contribution in [1.29, 1.82) is 0 Å². The first-order chi connectivity index (χ1) is 47.5. The number of H-pyrrole nitrogens is 1. The van der Waals surface area contributed by atoms with Gasteiger partial charge in [0, 0.05) is 128 Å². The van der Waals surface area contributed by atoms with Gasteiger partial charge in [0.2, 0.25) is 17.7 Å². The number of aryl methyl sites for hydroxylation is 3. The van der Waals surface area contributed by atoms with Crippen molar-refractivity contribution in [3.05, 3.63) is 256 Å². The number of methoxy groups -OCH3 is 2. The summed E-state index contributed by atoms with van der Waals surface area (Å²) in [5, 5.41) is 22.2. The Morgan fingerprint density at radius 1 is 0.500 bits per heavy atom. The Balaban J connectivity index is 0.000000203. The highest BCUT2D eigenvalue weighted by molar-refractivity contribution is 5.79. The monoisotopic (exact) mass is 1330 g/mol. The zero-order chi connectivity index (χ0) is 70.0. The lowest BCUT2D eigenvalue weighted by molar-refractivity contribution is -0.191. The molecule has 4 aromatic heterocycles. The fourth-order valence-electron chi connectivity index (χ4n) is 9.71. The molecule has 0 unspecified atom stereocenters. The number of aromatic amines is 1. The predicted octanol–water partition coefficient (Wildman–Crippen LogP) is 11.5. The molecule has 0 atom stereocenters. The Labute approximate surface area is 566 Å². The summed E-state index contributed by atoms with van der Waals surface area (Å²) in [6, 6.07) is 48.7. The third kappa shape index (κ3) is 25.1. The maximum absolute atomic E-state index is 14.7. The molecule has 20 nitrogen and oxygen atoms in total. The highest BCUT2D eigenvalue weighted by Gasteiger charge is 2.16. The number of ether oxygens (including phenoxy) is 5. The molecule has 3 amide bonds. The number of tetrazole rings is 1. The summed E-state index contributed by atoms with van der Waals surface area (Å²) in [4.78, 5) is 65.9. The number of pyridine rings is 3. The van der Waals surface area contributed by atoms with Gasteiger partial charge < -0.3 is 39.6 Å². The van der Waals surface area contributed by atoms with E-state index in [0.717, 1.165) is 39.8 Å². The van der Waals surface area contributed by atoms with Crippen LogP contribution in [0.2, 0.25) is 0 Å². The first-order valence-corrected chi connectivity index (χ1v) is 31.3. The van der Waals surface area contributed by atoms with E-state index in [1.165, 1.54) is 18.2 Å². The van der Waals surface area contributed by atoms with E-state index in [2.05, 4.69) is 51.5 Å². The molecule has 0 aliphatic rings. The SMILES string of the molecule is CCCOc1ccc(-c2ccc(CC(=O)NCc3cccc(C)c3)nc2)c(F)c1.COCC(COC)Oc1ccc(-c2ccc(CC(=O)NCc3cccc(C)c3)nc2)c(F)c1.Cc1cccc(CNC(=O)Cc2ccc(-c3ccc(OCCc4nn[nH]n4)cc3F)cn2)c1.O=C=O. The third-order valence-corrected chi connectivity index (χ3v) is 14.4. The Morgan fingerprint density at radius 3 is 1.20 bits per heavy atom. The van der Waals surface area contributed by atoms with Gasteiger partial charge in [0.1, 0.15) is 40.8 Å². The Hall–Kier alpha value is -11.3. The zero-order valence-corrected chi connectivity index (χ0v) is 55.3. The molecule has 4 N–H and O–H groups in total. The van der Waals surface area contributed by atoms with Crippen molar-refractivity contribution in [2.24, 2.45) is 0 Å². The van der Waals surface area contributed by atoms with E-state index in [4.69, 9.17) is 33.3 Å². The van der Waals surface area contributed by atoms with E-state index in [9.17, 15) is 27.6 Å². The molecule has 4 heterocycles. The van der Waals surface area contributed by atoms with Gasteiger partial charge in [0.15, 0.2) is 5.82 Å². The quantitative estimate of drug-likeness (QED) is 0.0355. The van der Waals surface area contributed by atoms with Gasteiger partial charge in [0.05, 0.1) is 45.7 Å². The molecule has 0 radical (unpaired) electrons. The molecule has 0 aliphatic heterocycles. The number of carbonyl (C=O) groups is 3. The minimum absolute atomic E-state index is 0.102. The minimum Gasteiger partial charge on any atom is -0.494 e. The Kier molecular flexibility index (Phi) is 29.9. The standard InChI is InChI=1S/C26H29FN2O4.C24H23FN6O2.C24H25FN2O2.CO2/c1-18-5-4-6-19(11-18)14-29-26(30)12-21-8-7-20(15-28-21)24-10-9-22(13-25(24)27)33-23(16-31-2)17-32-3;1-16-3-2-4-17(11-16)14-27-24(32)12-19-6-5-18(15-26-19)21-8-7-20(13-22(21)25)33-10-9-23-28-30-31-29-23;1-3-11-29-21-9-10-22(23(25)14-21)19-7-8-20(26-16-19)13-24(28)27-15-18-6-4-5-17(2)12-18;2-1-3/h4-11,13,15,23H,12,14,16-17H2,1-3H3,(H,29,30);2-8,11,13,15H,9-10,12,14H2,1H3,(H,27,32)(H,28,29,30,31);4-10,12,14,16H,3,11,13,15H2,1-2H3,(H,27,28);. The summed E-state index contributed by atoms with van der Waals surface area (Å²) >= 11 is 0. The number of hydrogen-bond donors (Lipinski definition) is 4. The van der Waals surface area contributed by atoms with Crippen LogP contribution >= 0.6 is 0 Å². The largest absolute Gasteiger partial charge is 0.494 e. The number of nitrogens with one attached hydrogen (secondary N) is 4. The van der Waals surface area contributed by atoms with Crippen LogP contribution in [0.5, 0.6) is 17.2 Å². The summed E-state index contributed by atoms with van der Waals surface area (Å²) in [5.74, 6) is 0.310. The van der Waals surface area contributed by atoms with Crippen LogP contribution in [0.25, 0.3) is 33.4 Å². The maximum Gasteiger partial charge on any atom is 0.373 e. The van der Waals surface area contributed by atoms with Crippen molar-refractivity contribution >= 4 is 23.9 Å². The molecule has 10 aromatic rings. The van der Waals surface area contributed by atoms with Gasteiger partial charge in [-0.1, -0.05) is 120 Å². The molecule has 10 rings (SSSR count). The highest BCUT2D eigenvalue weighted by atomic mass is 19.1. The van der Waals surface area contributed by atoms with E-state index >= 15 is 0 Å². The molecule has 0 fully saturated rings. The van der Waals surface area contributed by atoms with Gasteiger partial charge in [-0.25, -0.2) is 13.2 Å². The summed E-state index contributed by atoms with van der Waals surface area (Å²) in [6.07, 6.45) is 6.47. The Bertz CT molecular complexity index is 4180. The lowest BCUT2D eigenvalue weighted by atomic mass is 10.1. The molecule has 508 valence electrons. The summed E-state index contributed by atoms with van der Waals surface area (Å²) in [6.45, 7) is 11.0. The average molecular weight is 1340 g/mol. The second kappa shape index (κ2) is 39.6. The fourth-order valence-corrected chi connectivity index (χ4v) is 9.71. The third-order valence-electron chi connectivity index (χ3n) is 14.4. The van der Waals surface area contributed by atoms with Crippen LogP contribution in [-0.2, 0) is 78.8 Å². The molecule has 0 saturated heterocycles. The normalized spacial score (nSPS) is 10.5. The van der Waals surface area contributed by atoms with Gasteiger partial charge in [-0.15, -0.1) is 10.2 Å². The molecule has 0 bridgehead atoms. The van der Waals surface area contributed by atoms with Crippen LogP contribution in [-0.4, -0.2) is 106 Å². The predicted molar refractivity (Wildman–Crippen MR) is 361 cm³/mol. The second-order valence-electron chi connectivity index (χ2n) is 22.4. The van der Waals surface area contributed by atoms with Crippen LogP contribution in [0.4, 0.5) is 13.2 Å². The first-order valence-electron chi connectivity index (χ1n) is 31.3. The molecule has 0 aliphatic carbocycles. The number of carbonyl (C=O) groups excluding carboxylic acids is 5. The van der Waals surface area contributed by atoms with Crippen LogP contribution in [0, 0.1) is 38.2 Å². The number of amides is 3. The molecule has 6 aromatic carbocycles. The number of rotatable bonds is 28. The zero-order valence-electron chi connectivity index (χ0n) is 55.3. The highest BCUT2D eigenvalue weighted by Crippen LogP contribution is 2.29. The Morgan fingerprint density at radius 2 is 0.878 bits per heavy atom. The van der Waals surface area contributed by atoms with Gasteiger partial charge >= 0.3 is 6.15 Å². The molecule has 0 spiro atoms. The van der Waals surface area contributed by atoms with Crippen molar-refractivity contribution in [2.75, 3.05) is 40.6 Å². The molecular weight excluding hydrogens is 1260 g/mol. The molecule has 98 heavy (non-hydrogen) atoms. The average Bonchev–Trinajstić information content (AvgIpc) is 0.853. The van der Waals surface area contributed by atoms with E-state index in [0.29, 0.717) is 126 Å². The first kappa shape index (κ1) is 74.1. The maximum atomic E-state index is 14.7. The molecule has 0 saturated carbocycles. The van der Waals surface area contributed by atoms with Crippen LogP contribution in [0.1, 0.15) is 69.6 Å². The number of nitrogens with zero attached hydrogens (tertiary/aromatic N) is 6. The lowest BCUT2D eigenvalue weighted by Gasteiger charge is -2.18. The molecular formula is C75H77F3N10O10. The second-order valence-corrected chi connectivity index (χ2v) is 22.4. The van der Waals surface area contributed by atoms with E-state index in [1.54, 1.807) is 106 Å². The van der Waals surface area contributed by atoms with Gasteiger partial charge in [-0.3, -0.25) is 29.3 Å². The van der Waals surface area contributed by atoms with Crippen LogP contribution in [0.15, 0.2) is 182 Å². The minimum atomic E-state index is -0.425. The number of halogens is 3. The molecule has 23 heteroatoms. The van der Waals surface area contributed by atoms with E-state index in [1.807, 2.05) is 100 Å². The van der Waals surface area contributed by atoms with Gasteiger partial charge in [-0.2, -0.15) is 14.8 Å². The summed E-state index contributed by atoms with van der Waals surface area (Å²) in [5.41, 5.74) is 11.6. The number of benzene rings is 6. The topological polar surface area (TPSA) is 261 Å². The van der Waals surface area contributed by atoms with Crippen molar-refractivity contribution in [3.8, 4) is 50.6 Å². The summed E-state index contributed by atoms with van der Waals surface area (Å²) < 4.78 is 70.7. The lowest BCUT2D eigenvalue weighted by Crippen LogP contribution is -2.27. The van der Waals surface area contributed by atoms with Crippen LogP contribution in [0.3, 0.4) is 0 Å². The fraction of sp³-hybridized carbons (Fsp3) is 0.253. The van der Waals surface area contributed by atoms with E-state index in [-0.39, 0.29) is 55.1 Å². The van der Waals surface area contributed by atoms with Crippen molar-refractivity contribution in [1.82, 2.24) is 51.5 Å². The smallest absolute Gasteiger partial charge is 0.373 e. The number of hydrogen-bond acceptors (Lipinski definition) is 16. The van der Waals surface area contributed by atoms with Gasteiger partial charge in [-0.05, 0) is 98.5 Å². The van der Waals surface area contributed by atoms with Crippen molar-refractivity contribution < 1.29 is 60.8 Å². The van der Waals surface area contributed by atoms with E-state index < -0.39 is 11.6 Å². The summed E-state index contributed by atoms with van der Waals surface area (Å²) in [7, 11) is 3.14. The number of aromatic nitrogens is 7. The van der Waals surface area contributed by atoms with Crippen LogP contribution < -0.4 is 30.2 Å². The van der Waals surface area contributed by atoms with Gasteiger partial charge in [0.25, 0.3) is 0 Å². The van der Waals surface area contributed by atoms with Crippen molar-refractivity contribution in [2.45, 2.75) is 85.5 Å². The van der Waals surface area contributed by atoms with Crippen molar-refractivity contribution in [3.63, 3.8) is 0 Å².